The molecule has 1 aliphatic carbocycles. The maximum atomic E-state index is 13.4. The van der Waals surface area contributed by atoms with Crippen LogP contribution >= 0.6 is 0 Å². The molecule has 4 rings (SSSR count). The molecule has 1 aromatic carbocycles. The van der Waals surface area contributed by atoms with E-state index in [0.29, 0.717) is 23.8 Å². The fourth-order valence-corrected chi connectivity index (χ4v) is 5.39. The van der Waals surface area contributed by atoms with Gasteiger partial charge in [-0.3, -0.25) is 9.69 Å². The number of carbonyl (C=O) groups excluding carboxylic acids is 1. The molecular weight excluding hydrogens is 390 g/mol. The number of likely N-dealkylation sites (N-methyl/N-ethyl adjacent to an activating group) is 1. The minimum Gasteiger partial charge on any atom is -0.492 e. The number of Topliss-reactive ketones (excluding diaryl/α,β-unsaturated/α-hetero) is 1. The Hall–Kier alpha value is -2.27. The Bertz CT molecular complexity index is 943. The van der Waals surface area contributed by atoms with Crippen molar-refractivity contribution in [3.8, 4) is 17.2 Å². The van der Waals surface area contributed by atoms with Gasteiger partial charge in [-0.25, -0.2) is 0 Å². The summed E-state index contributed by atoms with van der Waals surface area (Å²) in [5, 5.41) is 0. The van der Waals surface area contributed by atoms with Crippen LogP contribution in [0.2, 0.25) is 0 Å². The molecule has 0 amide bonds. The molecule has 5 nitrogen and oxygen atoms in total. The van der Waals surface area contributed by atoms with E-state index in [1.165, 1.54) is 11.1 Å². The van der Waals surface area contributed by atoms with Crippen molar-refractivity contribution >= 4 is 5.78 Å². The standard InChI is InChI=1S/C26H35NO4/c1-16-8-7-10-26(3,4)19(16)12-17(2)21(28)14-20-23-18(9-11-27(20)5)13-22-24(25(23)29-6)31-15-30-22/h8,12-13,19-20H,7,9-11,14-15H2,1-6H3/b17-12+/t19-,20-/m0/s1. The van der Waals surface area contributed by atoms with Gasteiger partial charge in [-0.1, -0.05) is 31.6 Å². The first-order valence-electron chi connectivity index (χ1n) is 11.3. The number of rotatable bonds is 5. The van der Waals surface area contributed by atoms with Gasteiger partial charge < -0.3 is 14.2 Å². The molecule has 2 atom stereocenters. The number of allylic oxidation sites excluding steroid dienone is 4. The Kier molecular flexibility index (Phi) is 5.91. The number of carbonyl (C=O) groups is 1. The molecule has 31 heavy (non-hydrogen) atoms. The zero-order valence-electron chi connectivity index (χ0n) is 19.7. The predicted octanol–water partition coefficient (Wildman–Crippen LogP) is 5.24. The molecule has 0 spiro atoms. The molecule has 5 heteroatoms. The van der Waals surface area contributed by atoms with Gasteiger partial charge in [0.05, 0.1) is 7.11 Å². The fourth-order valence-electron chi connectivity index (χ4n) is 5.39. The van der Waals surface area contributed by atoms with Crippen LogP contribution in [-0.2, 0) is 11.2 Å². The first-order chi connectivity index (χ1) is 14.7. The summed E-state index contributed by atoms with van der Waals surface area (Å²) >= 11 is 0. The lowest BCUT2D eigenvalue weighted by Crippen LogP contribution is -2.34. The van der Waals surface area contributed by atoms with Gasteiger partial charge in [-0.05, 0) is 62.8 Å². The van der Waals surface area contributed by atoms with Crippen molar-refractivity contribution in [2.24, 2.45) is 11.3 Å². The molecule has 1 aromatic rings. The quantitative estimate of drug-likeness (QED) is 0.477. The van der Waals surface area contributed by atoms with Crippen LogP contribution in [0.1, 0.15) is 64.1 Å². The topological polar surface area (TPSA) is 48.0 Å². The lowest BCUT2D eigenvalue weighted by molar-refractivity contribution is -0.116. The highest BCUT2D eigenvalue weighted by Gasteiger charge is 2.36. The molecule has 0 fully saturated rings. The van der Waals surface area contributed by atoms with Crippen LogP contribution in [0.5, 0.6) is 17.2 Å². The Balaban J connectivity index is 1.63. The normalized spacial score (nSPS) is 25.1. The van der Waals surface area contributed by atoms with Crippen molar-refractivity contribution < 1.29 is 19.0 Å². The van der Waals surface area contributed by atoms with Crippen LogP contribution in [0.25, 0.3) is 0 Å². The van der Waals surface area contributed by atoms with Crippen molar-refractivity contribution in [1.82, 2.24) is 4.90 Å². The van der Waals surface area contributed by atoms with Crippen molar-refractivity contribution in [3.63, 3.8) is 0 Å². The third kappa shape index (κ3) is 4.00. The first kappa shape index (κ1) is 21.9. The lowest BCUT2D eigenvalue weighted by Gasteiger charge is -2.37. The van der Waals surface area contributed by atoms with Gasteiger partial charge in [0, 0.05) is 30.5 Å². The number of ether oxygens (including phenoxy) is 3. The molecule has 0 radical (unpaired) electrons. The average Bonchev–Trinajstić information content (AvgIpc) is 3.19. The molecule has 0 unspecified atom stereocenters. The van der Waals surface area contributed by atoms with E-state index in [-0.39, 0.29) is 24.0 Å². The van der Waals surface area contributed by atoms with Gasteiger partial charge in [0.15, 0.2) is 17.3 Å². The van der Waals surface area contributed by atoms with E-state index in [4.69, 9.17) is 14.2 Å². The van der Waals surface area contributed by atoms with Crippen molar-refractivity contribution in [3.05, 3.63) is 40.5 Å². The number of nitrogens with zero attached hydrogens (tertiary/aromatic N) is 1. The molecule has 0 bridgehead atoms. The van der Waals surface area contributed by atoms with Gasteiger partial charge in [0.2, 0.25) is 12.5 Å². The summed E-state index contributed by atoms with van der Waals surface area (Å²) in [5.74, 6) is 2.61. The summed E-state index contributed by atoms with van der Waals surface area (Å²) < 4.78 is 17.1. The number of benzene rings is 1. The molecule has 0 saturated carbocycles. The SMILES string of the molecule is COc1c2c(cc3c1[C@H](CC(=O)/C(C)=C/[C@H]1C(C)=CCCC1(C)C)N(C)CC3)OCO2. The molecular formula is C26H35NO4. The number of hydrogen-bond donors (Lipinski definition) is 0. The number of ketones is 1. The van der Waals surface area contributed by atoms with Gasteiger partial charge in [-0.15, -0.1) is 0 Å². The lowest BCUT2D eigenvalue weighted by atomic mass is 9.68. The highest BCUT2D eigenvalue weighted by atomic mass is 16.7. The van der Waals surface area contributed by atoms with Crippen LogP contribution < -0.4 is 14.2 Å². The maximum absolute atomic E-state index is 13.4. The summed E-state index contributed by atoms with van der Waals surface area (Å²) in [5.41, 5.74) is 4.66. The number of methoxy groups -OCH3 is 1. The van der Waals surface area contributed by atoms with E-state index in [2.05, 4.69) is 50.9 Å². The van der Waals surface area contributed by atoms with Crippen molar-refractivity contribution in [1.29, 1.82) is 0 Å². The van der Waals surface area contributed by atoms with E-state index in [0.717, 1.165) is 42.7 Å². The average molecular weight is 426 g/mol. The summed E-state index contributed by atoms with van der Waals surface area (Å²) in [6.07, 6.45) is 8.12. The number of fused-ring (bicyclic) bond motifs is 2. The summed E-state index contributed by atoms with van der Waals surface area (Å²) in [6.45, 7) is 9.88. The zero-order chi connectivity index (χ0) is 22.3. The minimum absolute atomic E-state index is 0.0416. The van der Waals surface area contributed by atoms with E-state index >= 15 is 0 Å². The molecule has 2 aliphatic heterocycles. The highest BCUT2D eigenvalue weighted by molar-refractivity contribution is 5.95. The summed E-state index contributed by atoms with van der Waals surface area (Å²) in [6, 6.07) is 2.02. The van der Waals surface area contributed by atoms with E-state index in [1.807, 2.05) is 6.92 Å². The molecule has 0 aromatic heterocycles. The third-order valence-electron chi connectivity index (χ3n) is 7.37. The van der Waals surface area contributed by atoms with Crippen molar-refractivity contribution in [2.75, 3.05) is 27.5 Å². The molecule has 168 valence electrons. The monoisotopic (exact) mass is 425 g/mol. The van der Waals surface area contributed by atoms with E-state index in [1.54, 1.807) is 7.11 Å². The van der Waals surface area contributed by atoms with E-state index < -0.39 is 0 Å². The van der Waals surface area contributed by atoms with Crippen LogP contribution in [0.4, 0.5) is 0 Å². The minimum atomic E-state index is -0.0416. The second kappa shape index (κ2) is 8.34. The summed E-state index contributed by atoms with van der Waals surface area (Å²) in [4.78, 5) is 15.6. The predicted molar refractivity (Wildman–Crippen MR) is 122 cm³/mol. The van der Waals surface area contributed by atoms with Gasteiger partial charge in [-0.2, -0.15) is 0 Å². The second-order valence-corrected chi connectivity index (χ2v) is 9.89. The molecule has 3 aliphatic rings. The van der Waals surface area contributed by atoms with Gasteiger partial charge in [0.25, 0.3) is 0 Å². The number of hydrogen-bond acceptors (Lipinski definition) is 5. The fraction of sp³-hybridized carbons (Fsp3) is 0.577. The zero-order valence-corrected chi connectivity index (χ0v) is 19.7. The van der Waals surface area contributed by atoms with Crippen LogP contribution in [0, 0.1) is 11.3 Å². The molecule has 0 N–H and O–H groups in total. The highest BCUT2D eigenvalue weighted by Crippen LogP contribution is 2.50. The second-order valence-electron chi connectivity index (χ2n) is 9.89. The Labute approximate surface area is 186 Å². The summed E-state index contributed by atoms with van der Waals surface area (Å²) in [7, 11) is 3.75. The van der Waals surface area contributed by atoms with Crippen molar-refractivity contribution in [2.45, 2.75) is 59.4 Å². The Morgan fingerprint density at radius 3 is 2.84 bits per heavy atom. The van der Waals surface area contributed by atoms with Crippen LogP contribution in [-0.4, -0.2) is 38.2 Å². The maximum Gasteiger partial charge on any atom is 0.231 e. The Morgan fingerprint density at radius 2 is 2.13 bits per heavy atom. The van der Waals surface area contributed by atoms with E-state index in [9.17, 15) is 4.79 Å². The Morgan fingerprint density at radius 1 is 1.35 bits per heavy atom. The largest absolute Gasteiger partial charge is 0.492 e. The van der Waals surface area contributed by atoms with Crippen LogP contribution in [0.3, 0.4) is 0 Å². The van der Waals surface area contributed by atoms with Crippen LogP contribution in [0.15, 0.2) is 29.4 Å². The first-order valence-corrected chi connectivity index (χ1v) is 11.3. The van der Waals surface area contributed by atoms with Gasteiger partial charge >= 0.3 is 0 Å². The molecule has 2 heterocycles. The smallest absolute Gasteiger partial charge is 0.231 e. The van der Waals surface area contributed by atoms with Gasteiger partial charge in [0.1, 0.15) is 0 Å². The molecule has 0 saturated heterocycles. The third-order valence-corrected chi connectivity index (χ3v) is 7.37.